The molecule has 4 aromatic rings. The molecule has 3 N–H and O–H groups in total. The molecule has 1 aliphatic carbocycles. The zero-order valence-corrected chi connectivity index (χ0v) is 23.5. The van der Waals surface area contributed by atoms with Crippen LogP contribution in [-0.4, -0.2) is 39.7 Å². The third-order valence-corrected chi connectivity index (χ3v) is 7.70. The van der Waals surface area contributed by atoms with Crippen LogP contribution in [0.15, 0.2) is 54.7 Å². The van der Waals surface area contributed by atoms with E-state index in [-0.39, 0.29) is 23.2 Å². The largest absolute Gasteiger partial charge is 0.494 e. The molecule has 0 radical (unpaired) electrons. The lowest BCUT2D eigenvalue weighted by Crippen LogP contribution is -2.43. The first-order chi connectivity index (χ1) is 18.9. The molecule has 5 rings (SSSR count). The molecule has 1 aliphatic rings. The molecule has 0 aliphatic heterocycles. The monoisotopic (exact) mass is 563 g/mol. The van der Waals surface area contributed by atoms with Crippen molar-refractivity contribution in [1.82, 2.24) is 15.3 Å². The highest BCUT2D eigenvalue weighted by molar-refractivity contribution is 6.34. The van der Waals surface area contributed by atoms with Gasteiger partial charge in [0.2, 0.25) is 0 Å². The lowest BCUT2D eigenvalue weighted by Gasteiger charge is -2.31. The second-order valence-corrected chi connectivity index (χ2v) is 11.3. The first kappa shape index (κ1) is 28.0. The van der Waals surface area contributed by atoms with Crippen molar-refractivity contribution in [2.75, 3.05) is 13.7 Å². The highest BCUT2D eigenvalue weighted by Gasteiger charge is 2.47. The van der Waals surface area contributed by atoms with Crippen molar-refractivity contribution in [1.29, 1.82) is 0 Å². The molecule has 0 unspecified atom stereocenters. The summed E-state index contributed by atoms with van der Waals surface area (Å²) < 4.78 is 19.1. The van der Waals surface area contributed by atoms with Crippen LogP contribution in [0.2, 0.25) is 5.02 Å². The highest BCUT2D eigenvalue weighted by Crippen LogP contribution is 2.47. The average molecular weight is 564 g/mol. The van der Waals surface area contributed by atoms with Crippen LogP contribution in [0.5, 0.6) is 5.75 Å². The number of aryl methyl sites for hydroxylation is 1. The Morgan fingerprint density at radius 3 is 2.48 bits per heavy atom. The Balaban J connectivity index is 1.52. The Labute approximate surface area is 237 Å². The lowest BCUT2D eigenvalue weighted by molar-refractivity contribution is 0.00889. The quantitative estimate of drug-likeness (QED) is 0.255. The van der Waals surface area contributed by atoms with Crippen LogP contribution in [0.3, 0.4) is 0 Å². The molecular formula is C31H31ClFN3O4. The second kappa shape index (κ2) is 10.4. The van der Waals surface area contributed by atoms with Gasteiger partial charge in [0, 0.05) is 28.3 Å². The van der Waals surface area contributed by atoms with Crippen LogP contribution in [0.25, 0.3) is 22.2 Å². The maximum Gasteiger partial charge on any atom is 0.251 e. The van der Waals surface area contributed by atoms with Gasteiger partial charge in [-0.05, 0) is 93.6 Å². The van der Waals surface area contributed by atoms with Gasteiger partial charge >= 0.3 is 0 Å². The van der Waals surface area contributed by atoms with Gasteiger partial charge in [-0.3, -0.25) is 9.78 Å². The Morgan fingerprint density at radius 1 is 1.15 bits per heavy atom. The fourth-order valence-corrected chi connectivity index (χ4v) is 5.37. The van der Waals surface area contributed by atoms with E-state index in [1.54, 1.807) is 50.4 Å². The summed E-state index contributed by atoms with van der Waals surface area (Å²) >= 11 is 6.70. The van der Waals surface area contributed by atoms with E-state index in [1.165, 1.54) is 19.2 Å². The molecule has 1 amide bonds. The van der Waals surface area contributed by atoms with Gasteiger partial charge < -0.3 is 20.3 Å². The maximum absolute atomic E-state index is 13.6. The number of nitrogens with zero attached hydrogens (tertiary/aromatic N) is 2. The first-order valence-corrected chi connectivity index (χ1v) is 13.4. The molecule has 2 aromatic heterocycles. The summed E-state index contributed by atoms with van der Waals surface area (Å²) in [4.78, 5) is 22.5. The number of carbonyl (C=O) groups is 1. The summed E-state index contributed by atoms with van der Waals surface area (Å²) in [5, 5.41) is 26.8. The molecule has 0 spiro atoms. The zero-order valence-electron chi connectivity index (χ0n) is 22.8. The van der Waals surface area contributed by atoms with E-state index in [0.29, 0.717) is 33.7 Å². The van der Waals surface area contributed by atoms with Crippen molar-refractivity contribution in [3.05, 3.63) is 88.0 Å². The number of aliphatic hydroxyl groups is 2. The van der Waals surface area contributed by atoms with Crippen molar-refractivity contribution >= 4 is 28.4 Å². The number of nitrogens with one attached hydrogen (secondary N) is 1. The maximum atomic E-state index is 13.6. The molecule has 1 fully saturated rings. The van der Waals surface area contributed by atoms with E-state index in [2.05, 4.69) is 10.3 Å². The molecular weight excluding hydrogens is 533 g/mol. The standard InChI is InChI=1S/C31H31ClFN3O4/c1-17-11-19-12-20(13-24(40-4)27(19)34-15-17)29(37)35-16-31(39,21-7-8-21)25-14-23(30(2,3)38)26(32)28(36-25)18-5-9-22(33)10-6-18/h5-6,9-15,21,38-39H,7-8,16H2,1-4H3,(H,35,37)/t31-/m1/s1. The third kappa shape index (κ3) is 5.39. The molecule has 7 nitrogen and oxygen atoms in total. The van der Waals surface area contributed by atoms with Crippen LogP contribution in [0, 0.1) is 18.7 Å². The third-order valence-electron chi connectivity index (χ3n) is 7.32. The number of benzene rings is 2. The Morgan fingerprint density at radius 2 is 1.85 bits per heavy atom. The summed E-state index contributed by atoms with van der Waals surface area (Å²) in [7, 11) is 1.52. The highest BCUT2D eigenvalue weighted by atomic mass is 35.5. The minimum atomic E-state index is -1.53. The van der Waals surface area contributed by atoms with Crippen LogP contribution in [0.4, 0.5) is 4.39 Å². The Kier molecular flexibility index (Phi) is 7.29. The fourth-order valence-electron chi connectivity index (χ4n) is 4.93. The topological polar surface area (TPSA) is 105 Å². The van der Waals surface area contributed by atoms with Gasteiger partial charge in [-0.25, -0.2) is 9.37 Å². The molecule has 40 heavy (non-hydrogen) atoms. The van der Waals surface area contributed by atoms with Crippen LogP contribution in [0.1, 0.15) is 53.9 Å². The van der Waals surface area contributed by atoms with Crippen LogP contribution >= 0.6 is 11.6 Å². The summed E-state index contributed by atoms with van der Waals surface area (Å²) in [6, 6.07) is 12.6. The minimum Gasteiger partial charge on any atom is -0.494 e. The number of aromatic nitrogens is 2. The zero-order chi connectivity index (χ0) is 28.8. The van der Waals surface area contributed by atoms with Gasteiger partial charge in [0.1, 0.15) is 22.7 Å². The van der Waals surface area contributed by atoms with Gasteiger partial charge in [0.25, 0.3) is 5.91 Å². The predicted molar refractivity (Wildman–Crippen MR) is 152 cm³/mol. The van der Waals surface area contributed by atoms with Crippen molar-refractivity contribution in [3.8, 4) is 17.0 Å². The second-order valence-electron chi connectivity index (χ2n) is 10.9. The molecule has 2 aromatic carbocycles. The van der Waals surface area contributed by atoms with Gasteiger partial charge in [-0.1, -0.05) is 11.6 Å². The Hall–Kier alpha value is -3.59. The van der Waals surface area contributed by atoms with E-state index >= 15 is 0 Å². The number of ether oxygens (including phenoxy) is 1. The molecule has 208 valence electrons. The number of hydrogen-bond donors (Lipinski definition) is 3. The van der Waals surface area contributed by atoms with E-state index < -0.39 is 22.9 Å². The van der Waals surface area contributed by atoms with Gasteiger partial charge in [0.05, 0.1) is 35.7 Å². The Bertz CT molecular complexity index is 1600. The van der Waals surface area contributed by atoms with E-state index in [9.17, 15) is 19.4 Å². The minimum absolute atomic E-state index is 0.119. The molecule has 1 saturated carbocycles. The predicted octanol–water partition coefficient (Wildman–Crippen LogP) is 5.66. The summed E-state index contributed by atoms with van der Waals surface area (Å²) in [6.07, 6.45) is 3.23. The smallest absolute Gasteiger partial charge is 0.251 e. The summed E-state index contributed by atoms with van der Waals surface area (Å²) in [5.41, 5.74) is 0.554. The molecule has 2 heterocycles. The lowest BCUT2D eigenvalue weighted by atomic mass is 9.88. The van der Waals surface area contributed by atoms with Crippen LogP contribution in [-0.2, 0) is 11.2 Å². The van der Waals surface area contributed by atoms with Crippen molar-refractivity contribution in [3.63, 3.8) is 0 Å². The SMILES string of the molecule is COc1cc(C(=O)NC[C@](O)(c2cc(C(C)(C)O)c(Cl)c(-c3ccc(F)cc3)n2)C2CC2)cc2cc(C)cnc12. The van der Waals surface area contributed by atoms with Crippen molar-refractivity contribution in [2.45, 2.75) is 44.8 Å². The first-order valence-electron chi connectivity index (χ1n) is 13.1. The van der Waals surface area contributed by atoms with E-state index in [4.69, 9.17) is 21.3 Å². The molecule has 0 saturated heterocycles. The number of pyridine rings is 2. The number of carbonyl (C=O) groups excluding carboxylic acids is 1. The van der Waals surface area contributed by atoms with Gasteiger partial charge in [-0.2, -0.15) is 0 Å². The number of halogens is 2. The number of fused-ring (bicyclic) bond motifs is 1. The van der Waals surface area contributed by atoms with E-state index in [1.807, 2.05) is 13.0 Å². The molecule has 9 heteroatoms. The average Bonchev–Trinajstić information content (AvgIpc) is 3.77. The number of rotatable bonds is 8. The van der Waals surface area contributed by atoms with Crippen LogP contribution < -0.4 is 10.1 Å². The molecule has 0 bridgehead atoms. The number of amides is 1. The van der Waals surface area contributed by atoms with Gasteiger partial charge in [-0.15, -0.1) is 0 Å². The summed E-state index contributed by atoms with van der Waals surface area (Å²) in [5.74, 6) is -0.489. The summed E-state index contributed by atoms with van der Waals surface area (Å²) in [6.45, 7) is 4.98. The van der Waals surface area contributed by atoms with Crippen molar-refractivity contribution < 1.29 is 24.1 Å². The number of methoxy groups -OCH3 is 1. The fraction of sp³-hybridized carbons (Fsp3) is 0.323. The molecule has 1 atom stereocenters. The van der Waals surface area contributed by atoms with E-state index in [0.717, 1.165) is 23.8 Å². The number of hydrogen-bond acceptors (Lipinski definition) is 6. The normalized spacial score (nSPS) is 15.1. The van der Waals surface area contributed by atoms with Gasteiger partial charge in [0.15, 0.2) is 0 Å². The van der Waals surface area contributed by atoms with Crippen molar-refractivity contribution in [2.24, 2.45) is 5.92 Å².